The zero-order valence-electron chi connectivity index (χ0n) is 16.8. The number of thiocarbonyl (C=S) groups is 1. The Labute approximate surface area is 171 Å². The van der Waals surface area contributed by atoms with E-state index in [0.717, 1.165) is 42.6 Å². The van der Waals surface area contributed by atoms with Gasteiger partial charge < -0.3 is 24.7 Å². The van der Waals surface area contributed by atoms with Crippen LogP contribution in [0.25, 0.3) is 10.9 Å². The molecule has 1 aromatic heterocycles. The van der Waals surface area contributed by atoms with Gasteiger partial charge >= 0.3 is 0 Å². The Balaban J connectivity index is 1.84. The van der Waals surface area contributed by atoms with Gasteiger partial charge in [-0.15, -0.1) is 0 Å². The quantitative estimate of drug-likeness (QED) is 0.693. The number of nitrogens with one attached hydrogen (secondary N) is 2. The van der Waals surface area contributed by atoms with Crippen molar-refractivity contribution in [3.8, 4) is 5.75 Å². The van der Waals surface area contributed by atoms with Crippen molar-refractivity contribution >= 4 is 28.2 Å². The summed E-state index contributed by atoms with van der Waals surface area (Å²) < 4.78 is 11.1. The maximum absolute atomic E-state index is 12.6. The van der Waals surface area contributed by atoms with E-state index in [-0.39, 0.29) is 11.7 Å². The predicted octanol–water partition coefficient (Wildman–Crippen LogP) is 3.05. The van der Waals surface area contributed by atoms with Crippen LogP contribution in [0.4, 0.5) is 0 Å². The maximum atomic E-state index is 12.6. The monoisotopic (exact) mass is 403 g/mol. The molecular weight excluding hydrogens is 374 g/mol. The molecule has 2 aromatic rings. The van der Waals surface area contributed by atoms with Crippen LogP contribution in [0.15, 0.2) is 29.1 Å². The van der Waals surface area contributed by atoms with Gasteiger partial charge in [0.1, 0.15) is 5.75 Å². The predicted molar refractivity (Wildman–Crippen MR) is 116 cm³/mol. The number of hydrogen-bond donors (Lipinski definition) is 2. The Morgan fingerprint density at radius 2 is 2.25 bits per heavy atom. The lowest BCUT2D eigenvalue weighted by Gasteiger charge is -2.28. The highest BCUT2D eigenvalue weighted by atomic mass is 32.1. The van der Waals surface area contributed by atoms with E-state index in [4.69, 9.17) is 21.7 Å². The lowest BCUT2D eigenvalue weighted by Crippen LogP contribution is -2.44. The normalized spacial score (nSPS) is 16.5. The molecule has 0 unspecified atom stereocenters. The van der Waals surface area contributed by atoms with Gasteiger partial charge in [-0.2, -0.15) is 0 Å². The summed E-state index contributed by atoms with van der Waals surface area (Å²) in [6.07, 6.45) is 2.24. The number of aromatic nitrogens is 1. The van der Waals surface area contributed by atoms with Crippen LogP contribution in [0.5, 0.6) is 5.75 Å². The van der Waals surface area contributed by atoms with Gasteiger partial charge in [0.05, 0.1) is 19.8 Å². The van der Waals surface area contributed by atoms with Crippen molar-refractivity contribution < 1.29 is 9.47 Å². The van der Waals surface area contributed by atoms with Gasteiger partial charge in [0.2, 0.25) is 0 Å². The third kappa shape index (κ3) is 5.23. The Morgan fingerprint density at radius 1 is 1.43 bits per heavy atom. The summed E-state index contributed by atoms with van der Waals surface area (Å²) in [7, 11) is 1.63. The molecule has 1 aromatic carbocycles. The molecule has 0 spiro atoms. The van der Waals surface area contributed by atoms with Crippen LogP contribution < -0.4 is 15.6 Å². The van der Waals surface area contributed by atoms with Gasteiger partial charge in [0.25, 0.3) is 5.56 Å². The minimum Gasteiger partial charge on any atom is -0.497 e. The number of fused-ring (bicyclic) bond motifs is 1. The Bertz CT molecular complexity index is 875. The van der Waals surface area contributed by atoms with Crippen LogP contribution in [0.3, 0.4) is 0 Å². The number of H-pyrrole nitrogens is 1. The van der Waals surface area contributed by atoms with Gasteiger partial charge in [0, 0.05) is 36.2 Å². The minimum atomic E-state index is -0.0957. The summed E-state index contributed by atoms with van der Waals surface area (Å²) in [6, 6.07) is 7.55. The number of nitrogens with zero attached hydrogens (tertiary/aromatic N) is 1. The molecule has 28 heavy (non-hydrogen) atoms. The number of benzene rings is 1. The summed E-state index contributed by atoms with van der Waals surface area (Å²) in [5, 5.41) is 4.92. The highest BCUT2D eigenvalue weighted by Gasteiger charge is 2.22. The van der Waals surface area contributed by atoms with Gasteiger partial charge in [-0.05, 0) is 55.2 Å². The molecule has 1 aliphatic rings. The van der Waals surface area contributed by atoms with Crippen LogP contribution in [0.2, 0.25) is 0 Å². The molecule has 1 atom stereocenters. The molecule has 1 fully saturated rings. The van der Waals surface area contributed by atoms with Crippen LogP contribution in [0, 0.1) is 5.92 Å². The molecule has 6 nitrogen and oxygen atoms in total. The van der Waals surface area contributed by atoms with E-state index in [9.17, 15) is 4.79 Å². The fourth-order valence-electron chi connectivity index (χ4n) is 3.34. The Hall–Kier alpha value is -2.12. The largest absolute Gasteiger partial charge is 0.497 e. The van der Waals surface area contributed by atoms with E-state index in [1.807, 2.05) is 29.2 Å². The lowest BCUT2D eigenvalue weighted by atomic mass is 10.1. The molecule has 2 heterocycles. The SMILES string of the molecule is COc1ccc2[nH]c(=O)c(CN(C[C@H]3CCCO3)C(=S)NCC(C)C)cc2c1. The second kappa shape index (κ2) is 9.39. The number of rotatable bonds is 7. The Kier molecular flexibility index (Phi) is 6.91. The van der Waals surface area contributed by atoms with Crippen LogP contribution >= 0.6 is 12.2 Å². The molecule has 0 amide bonds. The van der Waals surface area contributed by atoms with E-state index in [2.05, 4.69) is 24.1 Å². The first-order chi connectivity index (χ1) is 13.5. The summed E-state index contributed by atoms with van der Waals surface area (Å²) in [5.74, 6) is 1.25. The summed E-state index contributed by atoms with van der Waals surface area (Å²) in [4.78, 5) is 17.7. The second-order valence-corrected chi connectivity index (χ2v) is 8.06. The molecule has 7 heteroatoms. The summed E-state index contributed by atoms with van der Waals surface area (Å²) >= 11 is 5.63. The molecule has 152 valence electrons. The van der Waals surface area contributed by atoms with Crippen LogP contribution in [0.1, 0.15) is 32.3 Å². The van der Waals surface area contributed by atoms with Crippen molar-refractivity contribution in [2.75, 3.05) is 26.8 Å². The highest BCUT2D eigenvalue weighted by molar-refractivity contribution is 7.80. The first-order valence-corrected chi connectivity index (χ1v) is 10.2. The minimum absolute atomic E-state index is 0.0957. The third-order valence-electron chi connectivity index (χ3n) is 4.89. The van der Waals surface area contributed by atoms with E-state index < -0.39 is 0 Å². The second-order valence-electron chi connectivity index (χ2n) is 7.67. The number of ether oxygens (including phenoxy) is 2. The van der Waals surface area contributed by atoms with Gasteiger partial charge in [-0.25, -0.2) is 0 Å². The van der Waals surface area contributed by atoms with Crippen LogP contribution in [-0.4, -0.2) is 47.9 Å². The van der Waals surface area contributed by atoms with Crippen molar-refractivity contribution in [3.63, 3.8) is 0 Å². The molecule has 2 N–H and O–H groups in total. The van der Waals surface area contributed by atoms with Crippen molar-refractivity contribution in [1.29, 1.82) is 0 Å². The maximum Gasteiger partial charge on any atom is 0.253 e. The standard InChI is InChI=1S/C21H29N3O3S/c1-14(2)11-22-21(28)24(13-18-5-4-8-27-18)12-16-9-15-10-17(26-3)6-7-19(15)23-20(16)25/h6-7,9-10,14,18H,4-5,8,11-13H2,1-3H3,(H,22,28)(H,23,25)/t18-/m1/s1. The first kappa shape index (κ1) is 20.6. The average molecular weight is 404 g/mol. The Morgan fingerprint density at radius 3 is 2.93 bits per heavy atom. The lowest BCUT2D eigenvalue weighted by molar-refractivity contribution is 0.0896. The highest BCUT2D eigenvalue weighted by Crippen LogP contribution is 2.20. The summed E-state index contributed by atoms with van der Waals surface area (Å²) in [6.45, 7) is 6.99. The van der Waals surface area contributed by atoms with E-state index in [0.29, 0.717) is 29.7 Å². The molecule has 0 radical (unpaired) electrons. The number of hydrogen-bond acceptors (Lipinski definition) is 4. The van der Waals surface area contributed by atoms with E-state index in [1.54, 1.807) is 7.11 Å². The van der Waals surface area contributed by atoms with Crippen molar-refractivity contribution in [2.45, 2.75) is 39.3 Å². The number of methoxy groups -OCH3 is 1. The molecule has 0 bridgehead atoms. The topological polar surface area (TPSA) is 66.6 Å². The molecule has 3 rings (SSSR count). The molecule has 1 aliphatic heterocycles. The van der Waals surface area contributed by atoms with Crippen LogP contribution in [-0.2, 0) is 11.3 Å². The smallest absolute Gasteiger partial charge is 0.253 e. The van der Waals surface area contributed by atoms with E-state index in [1.165, 1.54) is 0 Å². The zero-order valence-corrected chi connectivity index (χ0v) is 17.6. The number of pyridine rings is 1. The fourth-order valence-corrected chi connectivity index (χ4v) is 3.56. The molecule has 0 saturated carbocycles. The van der Waals surface area contributed by atoms with Gasteiger partial charge in [-0.1, -0.05) is 13.8 Å². The average Bonchev–Trinajstić information content (AvgIpc) is 3.18. The third-order valence-corrected chi connectivity index (χ3v) is 5.29. The zero-order chi connectivity index (χ0) is 20.1. The summed E-state index contributed by atoms with van der Waals surface area (Å²) in [5.41, 5.74) is 1.37. The number of aromatic amines is 1. The van der Waals surface area contributed by atoms with Gasteiger partial charge in [-0.3, -0.25) is 4.79 Å². The molecular formula is C21H29N3O3S. The van der Waals surface area contributed by atoms with Gasteiger partial charge in [0.15, 0.2) is 5.11 Å². The van der Waals surface area contributed by atoms with E-state index >= 15 is 0 Å². The molecule has 0 aliphatic carbocycles. The van der Waals surface area contributed by atoms with Crippen molar-refractivity contribution in [2.24, 2.45) is 5.92 Å². The first-order valence-electron chi connectivity index (χ1n) is 9.80. The fraction of sp³-hybridized carbons (Fsp3) is 0.524. The van der Waals surface area contributed by atoms with Crippen molar-refractivity contribution in [3.05, 3.63) is 40.2 Å². The molecule has 1 saturated heterocycles. The van der Waals surface area contributed by atoms with Crippen molar-refractivity contribution in [1.82, 2.24) is 15.2 Å².